The first kappa shape index (κ1) is 10.4. The highest BCUT2D eigenvalue weighted by Crippen LogP contribution is 2.34. The van der Waals surface area contributed by atoms with Gasteiger partial charge in [-0.2, -0.15) is 0 Å². The number of hydrogen-bond donors (Lipinski definition) is 1. The maximum absolute atomic E-state index is 4.05. The van der Waals surface area contributed by atoms with Gasteiger partial charge < -0.3 is 4.90 Å². The predicted molar refractivity (Wildman–Crippen MR) is 61.7 cm³/mol. The van der Waals surface area contributed by atoms with Crippen LogP contribution in [-0.4, -0.2) is 24.7 Å². The molecule has 2 rings (SSSR count). The lowest BCUT2D eigenvalue weighted by atomic mass is 10.1. The van der Waals surface area contributed by atoms with Crippen molar-refractivity contribution in [1.29, 1.82) is 0 Å². The molecular formula is C12H18N3. The van der Waals surface area contributed by atoms with Gasteiger partial charge in [-0.25, -0.2) is 0 Å². The standard InChI is InChI=1S/C12H18N3/c1-13-12(7-3-4-8-12)15(2)11-6-5-9-14-10-11/h5-6,9,13H,3-4,7-8H2,1-2H3. The summed E-state index contributed by atoms with van der Waals surface area (Å²) in [5.74, 6) is 0. The molecule has 0 spiro atoms. The zero-order valence-electron chi connectivity index (χ0n) is 9.45. The summed E-state index contributed by atoms with van der Waals surface area (Å²) >= 11 is 0. The minimum atomic E-state index is 0.111. The van der Waals surface area contributed by atoms with Crippen molar-refractivity contribution in [3.8, 4) is 0 Å². The van der Waals surface area contributed by atoms with Crippen molar-refractivity contribution in [3.05, 3.63) is 24.5 Å². The van der Waals surface area contributed by atoms with Gasteiger partial charge in [-0.05, 0) is 44.9 Å². The highest BCUT2D eigenvalue weighted by Gasteiger charge is 2.36. The van der Waals surface area contributed by atoms with Crippen LogP contribution in [0.15, 0.2) is 18.3 Å². The first-order valence-electron chi connectivity index (χ1n) is 5.54. The Kier molecular flexibility index (Phi) is 2.91. The molecule has 0 unspecified atom stereocenters. The summed E-state index contributed by atoms with van der Waals surface area (Å²) in [6, 6.07) is 4.02. The molecule has 0 aliphatic heterocycles. The van der Waals surface area contributed by atoms with Gasteiger partial charge in [0.2, 0.25) is 0 Å². The molecule has 1 saturated carbocycles. The molecule has 0 aromatic carbocycles. The Morgan fingerprint density at radius 2 is 2.20 bits per heavy atom. The normalized spacial score (nSPS) is 19.1. The number of hydrogen-bond acceptors (Lipinski definition) is 3. The van der Waals surface area contributed by atoms with E-state index in [4.69, 9.17) is 0 Å². The van der Waals surface area contributed by atoms with Crippen LogP contribution in [0.4, 0.5) is 5.69 Å². The SMILES string of the molecule is CNC1(N(C)c2[c]nccc2)CCCC1. The van der Waals surface area contributed by atoms with Crippen molar-refractivity contribution in [3.63, 3.8) is 0 Å². The topological polar surface area (TPSA) is 28.2 Å². The minimum absolute atomic E-state index is 0.111. The Bertz CT molecular complexity index is 304. The Labute approximate surface area is 91.5 Å². The summed E-state index contributed by atoms with van der Waals surface area (Å²) in [7, 11) is 4.16. The van der Waals surface area contributed by atoms with Crippen molar-refractivity contribution in [2.45, 2.75) is 31.3 Å². The summed E-state index contributed by atoms with van der Waals surface area (Å²) in [5.41, 5.74) is 1.17. The van der Waals surface area contributed by atoms with E-state index in [1.54, 1.807) is 6.20 Å². The second-order valence-corrected chi connectivity index (χ2v) is 4.18. The van der Waals surface area contributed by atoms with E-state index in [-0.39, 0.29) is 5.66 Å². The molecule has 1 N–H and O–H groups in total. The van der Waals surface area contributed by atoms with Crippen molar-refractivity contribution in [1.82, 2.24) is 10.3 Å². The maximum Gasteiger partial charge on any atom is 0.114 e. The van der Waals surface area contributed by atoms with Crippen LogP contribution in [0.3, 0.4) is 0 Å². The molecule has 15 heavy (non-hydrogen) atoms. The Hall–Kier alpha value is -1.09. The van der Waals surface area contributed by atoms with Gasteiger partial charge in [-0.3, -0.25) is 10.3 Å². The van der Waals surface area contributed by atoms with Crippen LogP contribution in [0, 0.1) is 6.20 Å². The van der Waals surface area contributed by atoms with Gasteiger partial charge in [0.1, 0.15) is 6.20 Å². The van der Waals surface area contributed by atoms with Gasteiger partial charge in [-0.15, -0.1) is 0 Å². The molecule has 3 nitrogen and oxygen atoms in total. The van der Waals surface area contributed by atoms with Crippen LogP contribution in [0.25, 0.3) is 0 Å². The number of nitrogens with zero attached hydrogens (tertiary/aromatic N) is 2. The van der Waals surface area contributed by atoms with E-state index in [1.807, 2.05) is 13.1 Å². The van der Waals surface area contributed by atoms with Gasteiger partial charge in [-0.1, -0.05) is 0 Å². The largest absolute Gasteiger partial charge is 0.355 e. The summed E-state index contributed by atoms with van der Waals surface area (Å²) in [6.07, 6.45) is 9.79. The number of nitrogens with one attached hydrogen (secondary N) is 1. The molecule has 1 fully saturated rings. The van der Waals surface area contributed by atoms with E-state index in [1.165, 1.54) is 25.7 Å². The van der Waals surface area contributed by atoms with Gasteiger partial charge in [0.25, 0.3) is 0 Å². The van der Waals surface area contributed by atoms with E-state index in [9.17, 15) is 0 Å². The molecule has 0 amide bonds. The van der Waals surface area contributed by atoms with Gasteiger partial charge in [0.15, 0.2) is 0 Å². The lowest BCUT2D eigenvalue weighted by molar-refractivity contribution is 0.354. The first-order chi connectivity index (χ1) is 7.28. The highest BCUT2D eigenvalue weighted by molar-refractivity contribution is 5.45. The summed E-state index contributed by atoms with van der Waals surface area (Å²) in [6.45, 7) is 0. The van der Waals surface area contributed by atoms with E-state index in [0.29, 0.717) is 0 Å². The van der Waals surface area contributed by atoms with Crippen LogP contribution < -0.4 is 10.2 Å². The third-order valence-electron chi connectivity index (χ3n) is 3.49. The van der Waals surface area contributed by atoms with E-state index < -0.39 is 0 Å². The molecule has 1 aromatic heterocycles. The van der Waals surface area contributed by atoms with E-state index in [2.05, 4.69) is 34.5 Å². The van der Waals surface area contributed by atoms with Crippen molar-refractivity contribution < 1.29 is 0 Å². The second kappa shape index (κ2) is 4.19. The third-order valence-corrected chi connectivity index (χ3v) is 3.49. The van der Waals surface area contributed by atoms with Gasteiger partial charge >= 0.3 is 0 Å². The summed E-state index contributed by atoms with van der Waals surface area (Å²) in [5, 5.41) is 3.45. The number of pyridine rings is 1. The predicted octanol–water partition coefficient (Wildman–Crippen LogP) is 1.81. The average Bonchev–Trinajstić information content (AvgIpc) is 2.79. The van der Waals surface area contributed by atoms with Crippen molar-refractivity contribution in [2.24, 2.45) is 0 Å². The molecule has 0 bridgehead atoms. The molecule has 1 radical (unpaired) electrons. The number of rotatable bonds is 3. The molecule has 0 saturated heterocycles. The minimum Gasteiger partial charge on any atom is -0.355 e. The zero-order chi connectivity index (χ0) is 10.7. The molecule has 1 aliphatic rings. The zero-order valence-corrected chi connectivity index (χ0v) is 9.45. The van der Waals surface area contributed by atoms with Crippen LogP contribution in [-0.2, 0) is 0 Å². The van der Waals surface area contributed by atoms with Crippen molar-refractivity contribution in [2.75, 3.05) is 19.0 Å². The Morgan fingerprint density at radius 3 is 2.73 bits per heavy atom. The molecule has 1 heterocycles. The number of aromatic nitrogens is 1. The smallest absolute Gasteiger partial charge is 0.114 e. The fraction of sp³-hybridized carbons (Fsp3) is 0.583. The van der Waals surface area contributed by atoms with Gasteiger partial charge in [0, 0.05) is 13.2 Å². The molecular weight excluding hydrogens is 186 g/mol. The third kappa shape index (κ3) is 1.84. The summed E-state index contributed by atoms with van der Waals surface area (Å²) in [4.78, 5) is 6.32. The van der Waals surface area contributed by atoms with Crippen LogP contribution >= 0.6 is 0 Å². The lowest BCUT2D eigenvalue weighted by Gasteiger charge is -2.40. The highest BCUT2D eigenvalue weighted by atomic mass is 15.3. The van der Waals surface area contributed by atoms with E-state index >= 15 is 0 Å². The Morgan fingerprint density at radius 1 is 1.47 bits per heavy atom. The fourth-order valence-corrected chi connectivity index (χ4v) is 2.45. The molecule has 1 aromatic rings. The molecule has 1 aliphatic carbocycles. The average molecular weight is 204 g/mol. The number of anilines is 1. The fourth-order valence-electron chi connectivity index (χ4n) is 2.45. The first-order valence-corrected chi connectivity index (χ1v) is 5.54. The van der Waals surface area contributed by atoms with Gasteiger partial charge in [0.05, 0.1) is 11.4 Å². The maximum atomic E-state index is 4.05. The summed E-state index contributed by atoms with van der Waals surface area (Å²) < 4.78 is 0. The van der Waals surface area contributed by atoms with Crippen LogP contribution in [0.1, 0.15) is 25.7 Å². The van der Waals surface area contributed by atoms with E-state index in [0.717, 1.165) is 5.69 Å². The quantitative estimate of drug-likeness (QED) is 0.761. The Balaban J connectivity index is 2.22. The molecule has 0 atom stereocenters. The molecule has 3 heteroatoms. The van der Waals surface area contributed by atoms with Crippen molar-refractivity contribution >= 4 is 5.69 Å². The lowest BCUT2D eigenvalue weighted by Crippen LogP contribution is -2.54. The van der Waals surface area contributed by atoms with Crippen LogP contribution in [0.5, 0.6) is 0 Å². The second-order valence-electron chi connectivity index (χ2n) is 4.18. The van der Waals surface area contributed by atoms with Crippen LogP contribution in [0.2, 0.25) is 0 Å². The molecule has 81 valence electrons. The monoisotopic (exact) mass is 204 g/mol.